The van der Waals surface area contributed by atoms with E-state index in [1.807, 2.05) is 18.2 Å². The van der Waals surface area contributed by atoms with E-state index in [1.54, 1.807) is 0 Å². The van der Waals surface area contributed by atoms with Gasteiger partial charge in [0.05, 0.1) is 5.60 Å². The summed E-state index contributed by atoms with van der Waals surface area (Å²) in [6.07, 6.45) is 7.17. The van der Waals surface area contributed by atoms with E-state index in [0.717, 1.165) is 24.3 Å². The van der Waals surface area contributed by atoms with E-state index in [4.69, 9.17) is 0 Å². The summed E-state index contributed by atoms with van der Waals surface area (Å²) in [7, 11) is 2.18. The van der Waals surface area contributed by atoms with Crippen LogP contribution in [0.15, 0.2) is 24.3 Å². The number of nitrogens with zero attached hydrogens (tertiary/aromatic N) is 1. The third-order valence-electron chi connectivity index (χ3n) is 5.68. The normalized spacial score (nSPS) is 24.0. The van der Waals surface area contributed by atoms with Gasteiger partial charge in [0.15, 0.2) is 0 Å². The number of benzene rings is 1. The summed E-state index contributed by atoms with van der Waals surface area (Å²) in [5, 5.41) is 19.2. The van der Waals surface area contributed by atoms with Crippen LogP contribution < -0.4 is 16.0 Å². The van der Waals surface area contributed by atoms with Crippen molar-refractivity contribution in [2.45, 2.75) is 56.7 Å². The van der Waals surface area contributed by atoms with E-state index in [0.29, 0.717) is 19.0 Å². The first-order valence-corrected chi connectivity index (χ1v) is 9.82. The highest BCUT2D eigenvalue weighted by atomic mass is 16.3. The maximum atomic E-state index is 12.3. The monoisotopic (exact) mass is 360 g/mol. The largest absolute Gasteiger partial charge is 0.387 e. The number of β-amino-alcohol motifs (C(OH)–C–C–N with tert-alkyl or cyclic N) is 1. The number of hydrogen-bond acceptors (Lipinski definition) is 4. The first-order valence-electron chi connectivity index (χ1n) is 9.82. The molecular weight excluding hydrogens is 328 g/mol. The predicted molar refractivity (Wildman–Crippen MR) is 104 cm³/mol. The minimum Gasteiger partial charge on any atom is -0.387 e. The van der Waals surface area contributed by atoms with Crippen molar-refractivity contribution in [3.05, 3.63) is 29.8 Å². The highest BCUT2D eigenvalue weighted by Gasteiger charge is 2.31. The number of rotatable bonds is 6. The summed E-state index contributed by atoms with van der Waals surface area (Å²) in [6.45, 7) is 2.40. The minimum absolute atomic E-state index is 0.260. The van der Waals surface area contributed by atoms with Crippen molar-refractivity contribution < 1.29 is 9.90 Å². The fraction of sp³-hybridized carbons (Fsp3) is 0.650. The summed E-state index contributed by atoms with van der Waals surface area (Å²) < 4.78 is 0. The number of nitrogens with one attached hydrogen (secondary N) is 3. The summed E-state index contributed by atoms with van der Waals surface area (Å²) >= 11 is 0. The van der Waals surface area contributed by atoms with Crippen LogP contribution in [0.4, 0.5) is 10.5 Å². The van der Waals surface area contributed by atoms with Gasteiger partial charge in [-0.25, -0.2) is 4.79 Å². The molecule has 1 heterocycles. The molecule has 144 valence electrons. The van der Waals surface area contributed by atoms with Crippen molar-refractivity contribution in [1.82, 2.24) is 15.5 Å². The quantitative estimate of drug-likeness (QED) is 0.628. The summed E-state index contributed by atoms with van der Waals surface area (Å²) in [5.74, 6) is 0. The fourth-order valence-corrected chi connectivity index (χ4v) is 3.99. The Hall–Kier alpha value is -1.63. The van der Waals surface area contributed by atoms with Crippen molar-refractivity contribution in [3.8, 4) is 0 Å². The molecule has 0 bridgehead atoms. The molecule has 1 atom stereocenters. The van der Waals surface area contributed by atoms with Gasteiger partial charge in [-0.15, -0.1) is 0 Å². The number of aliphatic hydroxyl groups is 1. The van der Waals surface area contributed by atoms with Gasteiger partial charge in [-0.3, -0.25) is 4.90 Å². The Balaban J connectivity index is 1.55. The maximum absolute atomic E-state index is 12.3. The van der Waals surface area contributed by atoms with E-state index >= 15 is 0 Å². The lowest BCUT2D eigenvalue weighted by atomic mass is 9.94. The number of carbonyl (C=O) groups is 1. The van der Waals surface area contributed by atoms with Gasteiger partial charge in [0, 0.05) is 31.4 Å². The molecule has 0 aromatic heterocycles. The molecule has 2 amide bonds. The van der Waals surface area contributed by atoms with Crippen LogP contribution in [0.2, 0.25) is 0 Å². The molecule has 0 radical (unpaired) electrons. The van der Waals surface area contributed by atoms with Gasteiger partial charge in [-0.2, -0.15) is 0 Å². The van der Waals surface area contributed by atoms with Crippen LogP contribution in [0.1, 0.15) is 44.1 Å². The van der Waals surface area contributed by atoms with Crippen LogP contribution in [0.25, 0.3) is 0 Å². The van der Waals surface area contributed by atoms with E-state index in [-0.39, 0.29) is 12.6 Å². The molecule has 2 aliphatic rings. The second kappa shape index (κ2) is 8.84. The second-order valence-electron chi connectivity index (χ2n) is 7.82. The van der Waals surface area contributed by atoms with Crippen LogP contribution in [0, 0.1) is 0 Å². The first-order chi connectivity index (χ1) is 12.6. The fourth-order valence-electron chi connectivity index (χ4n) is 3.99. The lowest BCUT2D eigenvalue weighted by Crippen LogP contribution is -2.45. The van der Waals surface area contributed by atoms with Gasteiger partial charge in [0.2, 0.25) is 0 Å². The van der Waals surface area contributed by atoms with Gasteiger partial charge >= 0.3 is 6.03 Å². The molecule has 4 N–H and O–H groups in total. The van der Waals surface area contributed by atoms with Gasteiger partial charge < -0.3 is 21.1 Å². The minimum atomic E-state index is -0.835. The second-order valence-corrected chi connectivity index (χ2v) is 7.82. The Labute approximate surface area is 156 Å². The van der Waals surface area contributed by atoms with Crippen LogP contribution >= 0.6 is 0 Å². The zero-order valence-electron chi connectivity index (χ0n) is 15.8. The lowest BCUT2D eigenvalue weighted by molar-refractivity contribution is 0.0640. The van der Waals surface area contributed by atoms with Crippen molar-refractivity contribution >= 4 is 11.7 Å². The first kappa shape index (κ1) is 19.1. The Morgan fingerprint density at radius 2 is 2.08 bits per heavy atom. The third kappa shape index (κ3) is 5.19. The average molecular weight is 361 g/mol. The Morgan fingerprint density at radius 3 is 2.81 bits per heavy atom. The molecule has 6 nitrogen and oxygen atoms in total. The average Bonchev–Trinajstić information content (AvgIpc) is 3.09. The molecule has 1 saturated heterocycles. The molecule has 3 rings (SSSR count). The van der Waals surface area contributed by atoms with E-state index in [2.05, 4.69) is 34.0 Å². The molecule has 0 spiro atoms. The molecule has 1 aromatic rings. The van der Waals surface area contributed by atoms with Crippen molar-refractivity contribution in [2.24, 2.45) is 0 Å². The number of anilines is 1. The van der Waals surface area contributed by atoms with Crippen LogP contribution in [0.3, 0.4) is 0 Å². The van der Waals surface area contributed by atoms with E-state index < -0.39 is 5.60 Å². The maximum Gasteiger partial charge on any atom is 0.319 e. The molecule has 6 heteroatoms. The van der Waals surface area contributed by atoms with Gasteiger partial charge in [-0.1, -0.05) is 37.5 Å². The molecule has 1 aliphatic carbocycles. The van der Waals surface area contributed by atoms with Crippen molar-refractivity contribution in [2.75, 3.05) is 32.0 Å². The van der Waals surface area contributed by atoms with E-state index in [1.165, 1.54) is 32.1 Å². The number of hydrogen-bond donors (Lipinski definition) is 4. The number of carbonyl (C=O) groups excluding carboxylic acids is 1. The van der Waals surface area contributed by atoms with E-state index in [9.17, 15) is 9.90 Å². The lowest BCUT2D eigenvalue weighted by Gasteiger charge is -2.31. The Bertz CT molecular complexity index is 595. The number of urea groups is 1. The smallest absolute Gasteiger partial charge is 0.319 e. The molecular formula is C20H32N4O2. The summed E-state index contributed by atoms with van der Waals surface area (Å²) in [4.78, 5) is 14.7. The molecule has 1 aromatic carbocycles. The van der Waals surface area contributed by atoms with Crippen molar-refractivity contribution in [3.63, 3.8) is 0 Å². The summed E-state index contributed by atoms with van der Waals surface area (Å²) in [5.41, 5.74) is 1.12. The SMILES string of the molecule is CN(Cc1ccccc1NC(=O)NCC1(O)CCNC1)C1CCCCC1. The van der Waals surface area contributed by atoms with Crippen LogP contribution in [-0.2, 0) is 6.54 Å². The highest BCUT2D eigenvalue weighted by molar-refractivity contribution is 5.90. The molecule has 2 fully saturated rings. The van der Waals surface area contributed by atoms with Gasteiger partial charge in [0.25, 0.3) is 0 Å². The Kier molecular flexibility index (Phi) is 6.51. The number of amides is 2. The summed E-state index contributed by atoms with van der Waals surface area (Å²) in [6, 6.07) is 8.33. The zero-order chi connectivity index (χ0) is 18.4. The Morgan fingerprint density at radius 1 is 1.31 bits per heavy atom. The van der Waals surface area contributed by atoms with Gasteiger partial charge in [-0.05, 0) is 44.5 Å². The third-order valence-corrected chi connectivity index (χ3v) is 5.68. The topological polar surface area (TPSA) is 76.6 Å². The van der Waals surface area contributed by atoms with Crippen LogP contribution in [0.5, 0.6) is 0 Å². The standard InChI is InChI=1S/C20H32N4O2/c1-24(17-8-3-2-4-9-17)13-16-7-5-6-10-18(16)23-19(25)22-15-20(26)11-12-21-14-20/h5-7,10,17,21,26H,2-4,8-9,11-15H2,1H3,(H2,22,23,25). The highest BCUT2D eigenvalue weighted by Crippen LogP contribution is 2.25. The van der Waals surface area contributed by atoms with Gasteiger partial charge in [0.1, 0.15) is 0 Å². The predicted octanol–water partition coefficient (Wildman–Crippen LogP) is 2.30. The molecule has 1 aliphatic heterocycles. The van der Waals surface area contributed by atoms with Crippen molar-refractivity contribution in [1.29, 1.82) is 0 Å². The zero-order valence-corrected chi connectivity index (χ0v) is 15.8. The molecule has 1 saturated carbocycles. The van der Waals surface area contributed by atoms with Crippen LogP contribution in [-0.4, -0.2) is 54.4 Å². The number of para-hydroxylation sites is 1. The molecule has 1 unspecified atom stereocenters. The molecule has 26 heavy (non-hydrogen) atoms.